The summed E-state index contributed by atoms with van der Waals surface area (Å²) in [7, 11) is 0. The molecule has 2 heterocycles. The third-order valence-electron chi connectivity index (χ3n) is 3.72. The van der Waals surface area contributed by atoms with E-state index in [2.05, 4.69) is 19.9 Å². The van der Waals surface area contributed by atoms with Crippen molar-refractivity contribution in [1.29, 1.82) is 0 Å². The van der Waals surface area contributed by atoms with Gasteiger partial charge in [0.2, 0.25) is 0 Å². The molecule has 2 atom stereocenters. The van der Waals surface area contributed by atoms with E-state index in [0.717, 1.165) is 12.1 Å². The summed E-state index contributed by atoms with van der Waals surface area (Å²) >= 11 is 5.95. The first-order chi connectivity index (χ1) is 9.33. The van der Waals surface area contributed by atoms with Crippen molar-refractivity contribution < 1.29 is 0 Å². The average molecular weight is 277 g/mol. The molecule has 1 saturated carbocycles. The lowest BCUT2D eigenvalue weighted by molar-refractivity contribution is 0.390. The Morgan fingerprint density at radius 2 is 2.26 bits per heavy atom. The first kappa shape index (κ1) is 12.6. The van der Waals surface area contributed by atoms with Gasteiger partial charge in [-0.25, -0.2) is 4.98 Å². The van der Waals surface area contributed by atoms with Gasteiger partial charge in [0.1, 0.15) is 0 Å². The molecular formula is C14H17ClN4. The van der Waals surface area contributed by atoms with Gasteiger partial charge in [0.25, 0.3) is 0 Å². The van der Waals surface area contributed by atoms with E-state index < -0.39 is 0 Å². The highest BCUT2D eigenvalue weighted by atomic mass is 35.5. The normalized spacial score (nSPS) is 22.8. The van der Waals surface area contributed by atoms with Crippen molar-refractivity contribution >= 4 is 11.6 Å². The van der Waals surface area contributed by atoms with Gasteiger partial charge >= 0.3 is 0 Å². The Labute approximate surface area is 117 Å². The summed E-state index contributed by atoms with van der Waals surface area (Å²) in [5, 5.41) is 4.31. The quantitative estimate of drug-likeness (QED) is 0.934. The van der Waals surface area contributed by atoms with E-state index >= 15 is 0 Å². The molecular weight excluding hydrogens is 260 g/mol. The molecule has 1 aliphatic carbocycles. The molecule has 0 saturated heterocycles. The molecule has 1 N–H and O–H groups in total. The van der Waals surface area contributed by atoms with E-state index in [1.807, 2.05) is 31.0 Å². The predicted octanol–water partition coefficient (Wildman–Crippen LogP) is 2.81. The summed E-state index contributed by atoms with van der Waals surface area (Å²) in [5.41, 5.74) is 1.13. The molecule has 1 fully saturated rings. The summed E-state index contributed by atoms with van der Waals surface area (Å²) < 4.78 is 2.21. The number of nitrogens with zero attached hydrogens (tertiary/aromatic N) is 3. The van der Waals surface area contributed by atoms with Gasteiger partial charge in [-0.1, -0.05) is 11.6 Å². The van der Waals surface area contributed by atoms with Gasteiger partial charge in [-0.05, 0) is 30.9 Å². The Morgan fingerprint density at radius 3 is 3.05 bits per heavy atom. The Kier molecular flexibility index (Phi) is 3.80. The molecule has 5 heteroatoms. The molecule has 4 nitrogen and oxygen atoms in total. The minimum absolute atomic E-state index is 0.494. The maximum atomic E-state index is 5.95. The van der Waals surface area contributed by atoms with E-state index in [1.165, 1.54) is 19.3 Å². The molecule has 0 aromatic carbocycles. The van der Waals surface area contributed by atoms with E-state index in [0.29, 0.717) is 17.1 Å². The molecule has 100 valence electrons. The number of nitrogens with one attached hydrogen (secondary N) is 1. The topological polar surface area (TPSA) is 42.7 Å². The van der Waals surface area contributed by atoms with Gasteiger partial charge in [0.05, 0.1) is 11.3 Å². The van der Waals surface area contributed by atoms with Crippen molar-refractivity contribution in [2.24, 2.45) is 0 Å². The van der Waals surface area contributed by atoms with Crippen molar-refractivity contribution in [3.63, 3.8) is 0 Å². The van der Waals surface area contributed by atoms with Crippen LogP contribution in [0.4, 0.5) is 0 Å². The van der Waals surface area contributed by atoms with Crippen LogP contribution >= 0.6 is 11.6 Å². The standard InChI is InChI=1S/C14H17ClN4/c15-12-6-11(7-17-9-12)8-18-13-2-1-3-14(13)19-5-4-16-10-19/h4-7,9-10,13-14,18H,1-3,8H2/t13-,14+/m1/s1. The molecule has 0 aliphatic heterocycles. The summed E-state index contributed by atoms with van der Waals surface area (Å²) in [5.74, 6) is 0. The zero-order valence-corrected chi connectivity index (χ0v) is 11.4. The van der Waals surface area contributed by atoms with Gasteiger partial charge in [-0.2, -0.15) is 0 Å². The van der Waals surface area contributed by atoms with Crippen LogP contribution in [-0.2, 0) is 6.54 Å². The minimum Gasteiger partial charge on any atom is -0.333 e. The molecule has 0 radical (unpaired) electrons. The van der Waals surface area contributed by atoms with Gasteiger partial charge in [-0.15, -0.1) is 0 Å². The van der Waals surface area contributed by atoms with Crippen molar-refractivity contribution in [3.05, 3.63) is 47.8 Å². The molecule has 0 unspecified atom stereocenters. The van der Waals surface area contributed by atoms with E-state index in [9.17, 15) is 0 Å². The Hall–Kier alpha value is -1.39. The van der Waals surface area contributed by atoms with Crippen LogP contribution in [0.3, 0.4) is 0 Å². The first-order valence-corrected chi connectivity index (χ1v) is 7.01. The number of aromatic nitrogens is 3. The van der Waals surface area contributed by atoms with Crippen LogP contribution < -0.4 is 5.32 Å². The Bertz CT molecular complexity index is 526. The molecule has 1 aliphatic rings. The number of hydrogen-bond acceptors (Lipinski definition) is 3. The number of hydrogen-bond donors (Lipinski definition) is 1. The predicted molar refractivity (Wildman–Crippen MR) is 75.0 cm³/mol. The maximum Gasteiger partial charge on any atom is 0.0949 e. The summed E-state index contributed by atoms with van der Waals surface area (Å²) in [6.07, 6.45) is 13.0. The first-order valence-electron chi connectivity index (χ1n) is 6.63. The Balaban J connectivity index is 1.63. The Morgan fingerprint density at radius 1 is 1.32 bits per heavy atom. The maximum absolute atomic E-state index is 5.95. The fourth-order valence-corrected chi connectivity index (χ4v) is 3.00. The van der Waals surface area contributed by atoms with Crippen LogP contribution in [0.15, 0.2) is 37.2 Å². The zero-order valence-electron chi connectivity index (χ0n) is 10.7. The van der Waals surface area contributed by atoms with E-state index in [-0.39, 0.29) is 0 Å². The molecule has 0 amide bonds. The summed E-state index contributed by atoms with van der Waals surface area (Å²) in [6, 6.07) is 2.96. The van der Waals surface area contributed by atoms with Crippen LogP contribution in [0.2, 0.25) is 5.02 Å². The smallest absolute Gasteiger partial charge is 0.0949 e. The minimum atomic E-state index is 0.494. The number of pyridine rings is 1. The van der Waals surface area contributed by atoms with Crippen LogP contribution in [0, 0.1) is 0 Å². The van der Waals surface area contributed by atoms with Gasteiger partial charge in [0, 0.05) is 43.4 Å². The summed E-state index contributed by atoms with van der Waals surface area (Å²) in [6.45, 7) is 0.809. The van der Waals surface area contributed by atoms with Crippen LogP contribution in [-0.4, -0.2) is 20.6 Å². The molecule has 2 aromatic rings. The van der Waals surface area contributed by atoms with Crippen molar-refractivity contribution in [1.82, 2.24) is 19.9 Å². The molecule has 0 bridgehead atoms. The second-order valence-corrected chi connectivity index (χ2v) is 5.44. The molecule has 19 heavy (non-hydrogen) atoms. The lowest BCUT2D eigenvalue weighted by atomic mass is 10.1. The highest BCUT2D eigenvalue weighted by Gasteiger charge is 2.27. The van der Waals surface area contributed by atoms with Crippen molar-refractivity contribution in [2.45, 2.75) is 37.9 Å². The third-order valence-corrected chi connectivity index (χ3v) is 3.92. The molecule has 3 rings (SSSR count). The monoisotopic (exact) mass is 276 g/mol. The van der Waals surface area contributed by atoms with Gasteiger partial charge in [-0.3, -0.25) is 4.98 Å². The second-order valence-electron chi connectivity index (χ2n) is 5.01. The number of imidazole rings is 1. The van der Waals surface area contributed by atoms with Crippen LogP contribution in [0.1, 0.15) is 30.9 Å². The largest absolute Gasteiger partial charge is 0.333 e. The lowest BCUT2D eigenvalue weighted by Gasteiger charge is -2.22. The SMILES string of the molecule is Clc1cncc(CN[C@@H]2CCC[C@@H]2n2ccnc2)c1. The van der Waals surface area contributed by atoms with Gasteiger partial charge < -0.3 is 9.88 Å². The highest BCUT2D eigenvalue weighted by molar-refractivity contribution is 6.30. The molecule has 0 spiro atoms. The van der Waals surface area contributed by atoms with Crippen molar-refractivity contribution in [2.75, 3.05) is 0 Å². The third kappa shape index (κ3) is 2.96. The van der Waals surface area contributed by atoms with E-state index in [1.54, 1.807) is 6.20 Å². The van der Waals surface area contributed by atoms with Crippen LogP contribution in [0.5, 0.6) is 0 Å². The number of halogens is 1. The van der Waals surface area contributed by atoms with Crippen LogP contribution in [0.25, 0.3) is 0 Å². The fourth-order valence-electron chi connectivity index (χ4n) is 2.80. The van der Waals surface area contributed by atoms with Crippen molar-refractivity contribution in [3.8, 4) is 0 Å². The second kappa shape index (κ2) is 5.72. The molecule has 2 aromatic heterocycles. The number of rotatable bonds is 4. The zero-order chi connectivity index (χ0) is 13.1. The average Bonchev–Trinajstić information content (AvgIpc) is 3.07. The lowest BCUT2D eigenvalue weighted by Crippen LogP contribution is -2.33. The fraction of sp³-hybridized carbons (Fsp3) is 0.429. The van der Waals surface area contributed by atoms with E-state index in [4.69, 9.17) is 11.6 Å². The highest BCUT2D eigenvalue weighted by Crippen LogP contribution is 2.30. The van der Waals surface area contributed by atoms with Gasteiger partial charge in [0.15, 0.2) is 0 Å². The summed E-state index contributed by atoms with van der Waals surface area (Å²) in [4.78, 5) is 8.25.